The second kappa shape index (κ2) is 6.59. The molecule has 4 aromatic rings. The molecule has 1 aliphatic carbocycles. The van der Waals surface area contributed by atoms with Gasteiger partial charge in [0.05, 0.1) is 6.04 Å². The highest BCUT2D eigenvalue weighted by Gasteiger charge is 2.24. The van der Waals surface area contributed by atoms with E-state index in [0.29, 0.717) is 17.5 Å². The van der Waals surface area contributed by atoms with Gasteiger partial charge < -0.3 is 9.84 Å². The van der Waals surface area contributed by atoms with Crippen LogP contribution < -0.4 is 5.32 Å². The number of thiophene rings is 1. The molecule has 1 aromatic carbocycles. The van der Waals surface area contributed by atoms with Gasteiger partial charge in [-0.3, -0.25) is 0 Å². The van der Waals surface area contributed by atoms with Gasteiger partial charge in [0.15, 0.2) is 0 Å². The lowest BCUT2D eigenvalue weighted by atomic mass is 10.1. The second-order valence-corrected chi connectivity index (χ2v) is 7.33. The summed E-state index contributed by atoms with van der Waals surface area (Å²) >= 11 is 1.60. The summed E-state index contributed by atoms with van der Waals surface area (Å²) in [4.78, 5) is 13.5. The third-order valence-electron chi connectivity index (χ3n) is 4.79. The summed E-state index contributed by atoms with van der Waals surface area (Å²) in [6, 6.07) is 10.7. The number of anilines is 1. The van der Waals surface area contributed by atoms with Crippen molar-refractivity contribution in [1.29, 1.82) is 0 Å². The van der Waals surface area contributed by atoms with E-state index in [-0.39, 0.29) is 6.04 Å². The number of rotatable bonds is 4. The fourth-order valence-electron chi connectivity index (χ4n) is 3.45. The Hall–Kier alpha value is -3.06. The SMILES string of the molecule is Cc1ncc(-c2nc(-c3ccsc3)no2)c(NC2CCc3ccccc32)n1. The highest BCUT2D eigenvalue weighted by Crippen LogP contribution is 2.36. The van der Waals surface area contributed by atoms with Gasteiger partial charge in [-0.1, -0.05) is 29.4 Å². The molecule has 1 N–H and O–H groups in total. The fourth-order valence-corrected chi connectivity index (χ4v) is 4.08. The molecular weight excluding hydrogens is 358 g/mol. The van der Waals surface area contributed by atoms with Gasteiger partial charge >= 0.3 is 0 Å². The van der Waals surface area contributed by atoms with Crippen molar-refractivity contribution >= 4 is 17.2 Å². The summed E-state index contributed by atoms with van der Waals surface area (Å²) in [5.74, 6) is 2.42. The molecule has 0 radical (unpaired) electrons. The molecule has 3 aromatic heterocycles. The minimum Gasteiger partial charge on any atom is -0.362 e. The number of benzene rings is 1. The van der Waals surface area contributed by atoms with Crippen LogP contribution in [0.4, 0.5) is 5.82 Å². The predicted molar refractivity (Wildman–Crippen MR) is 105 cm³/mol. The average Bonchev–Trinajstić information content (AvgIpc) is 3.43. The Bertz CT molecular complexity index is 1090. The first-order chi connectivity index (χ1) is 13.3. The van der Waals surface area contributed by atoms with Crippen molar-refractivity contribution in [3.8, 4) is 22.8 Å². The zero-order valence-corrected chi connectivity index (χ0v) is 15.5. The molecule has 7 heteroatoms. The van der Waals surface area contributed by atoms with Gasteiger partial charge in [0.1, 0.15) is 17.2 Å². The van der Waals surface area contributed by atoms with Gasteiger partial charge in [0, 0.05) is 17.1 Å². The van der Waals surface area contributed by atoms with E-state index in [2.05, 4.69) is 49.7 Å². The number of nitrogens with zero attached hydrogens (tertiary/aromatic N) is 4. The van der Waals surface area contributed by atoms with Gasteiger partial charge in [0.25, 0.3) is 5.89 Å². The van der Waals surface area contributed by atoms with E-state index in [4.69, 9.17) is 4.52 Å². The van der Waals surface area contributed by atoms with Crippen molar-refractivity contribution in [2.45, 2.75) is 25.8 Å². The molecule has 6 nitrogen and oxygen atoms in total. The molecule has 134 valence electrons. The van der Waals surface area contributed by atoms with Crippen LogP contribution in [0, 0.1) is 6.92 Å². The van der Waals surface area contributed by atoms with E-state index in [1.807, 2.05) is 23.8 Å². The Morgan fingerprint density at radius 1 is 1.19 bits per heavy atom. The Morgan fingerprint density at radius 3 is 3.00 bits per heavy atom. The number of hydrogen-bond acceptors (Lipinski definition) is 7. The summed E-state index contributed by atoms with van der Waals surface area (Å²) in [6.07, 6.45) is 3.85. The van der Waals surface area contributed by atoms with Gasteiger partial charge in [0.2, 0.25) is 5.82 Å². The third-order valence-corrected chi connectivity index (χ3v) is 5.47. The molecule has 5 rings (SSSR count). The molecule has 27 heavy (non-hydrogen) atoms. The molecular formula is C20H17N5OS. The number of aromatic nitrogens is 4. The normalized spacial score (nSPS) is 15.7. The van der Waals surface area contributed by atoms with Crippen LogP contribution in [0.3, 0.4) is 0 Å². The first-order valence-corrected chi connectivity index (χ1v) is 9.77. The molecule has 0 aliphatic heterocycles. The number of aryl methyl sites for hydroxylation is 2. The van der Waals surface area contributed by atoms with Crippen LogP contribution in [-0.4, -0.2) is 20.1 Å². The quantitative estimate of drug-likeness (QED) is 0.559. The highest BCUT2D eigenvalue weighted by molar-refractivity contribution is 7.08. The Kier molecular flexibility index (Phi) is 3.94. The lowest BCUT2D eigenvalue weighted by Gasteiger charge is -2.16. The van der Waals surface area contributed by atoms with Crippen LogP contribution in [0.1, 0.15) is 29.4 Å². The summed E-state index contributed by atoms with van der Waals surface area (Å²) < 4.78 is 5.51. The molecule has 1 atom stereocenters. The maximum atomic E-state index is 5.51. The molecule has 0 bridgehead atoms. The Morgan fingerprint density at radius 2 is 2.11 bits per heavy atom. The first kappa shape index (κ1) is 16.1. The van der Waals surface area contributed by atoms with Crippen LogP contribution in [0.25, 0.3) is 22.8 Å². The summed E-state index contributed by atoms with van der Waals surface area (Å²) in [5.41, 5.74) is 4.38. The van der Waals surface area contributed by atoms with E-state index in [0.717, 1.165) is 29.8 Å². The molecule has 0 saturated carbocycles. The minimum absolute atomic E-state index is 0.216. The monoisotopic (exact) mass is 375 g/mol. The summed E-state index contributed by atoms with van der Waals surface area (Å²) in [6.45, 7) is 1.88. The van der Waals surface area contributed by atoms with E-state index in [9.17, 15) is 0 Å². The third kappa shape index (κ3) is 3.00. The topological polar surface area (TPSA) is 76.7 Å². The molecule has 1 aliphatic rings. The van der Waals surface area contributed by atoms with E-state index < -0.39 is 0 Å². The zero-order chi connectivity index (χ0) is 18.2. The average molecular weight is 375 g/mol. The highest BCUT2D eigenvalue weighted by atomic mass is 32.1. The number of nitrogens with one attached hydrogen (secondary N) is 1. The smallest absolute Gasteiger partial charge is 0.263 e. The summed E-state index contributed by atoms with van der Waals surface area (Å²) in [5, 5.41) is 11.7. The maximum absolute atomic E-state index is 5.51. The standard InChI is InChI=1S/C20H17N5OS/c1-12-21-10-16(20-24-18(25-26-20)14-8-9-27-11-14)19(22-12)23-17-7-6-13-4-2-3-5-15(13)17/h2-5,8-11,17H,6-7H2,1H3,(H,21,22,23). The second-order valence-electron chi connectivity index (χ2n) is 6.55. The Balaban J connectivity index is 1.50. The molecule has 0 amide bonds. The van der Waals surface area contributed by atoms with Crippen molar-refractivity contribution in [1.82, 2.24) is 20.1 Å². The van der Waals surface area contributed by atoms with Gasteiger partial charge in [-0.15, -0.1) is 0 Å². The lowest BCUT2D eigenvalue weighted by molar-refractivity contribution is 0.432. The molecule has 0 saturated heterocycles. The van der Waals surface area contributed by atoms with E-state index >= 15 is 0 Å². The van der Waals surface area contributed by atoms with E-state index in [1.165, 1.54) is 11.1 Å². The van der Waals surface area contributed by atoms with Crippen LogP contribution in [-0.2, 0) is 6.42 Å². The van der Waals surface area contributed by atoms with Crippen molar-refractivity contribution in [2.24, 2.45) is 0 Å². The molecule has 0 fully saturated rings. The summed E-state index contributed by atoms with van der Waals surface area (Å²) in [7, 11) is 0. The van der Waals surface area contributed by atoms with Crippen LogP contribution in [0.2, 0.25) is 0 Å². The minimum atomic E-state index is 0.216. The van der Waals surface area contributed by atoms with Crippen molar-refractivity contribution in [3.63, 3.8) is 0 Å². The maximum Gasteiger partial charge on any atom is 0.263 e. The molecule has 0 spiro atoms. The fraction of sp³-hybridized carbons (Fsp3) is 0.200. The van der Waals surface area contributed by atoms with Crippen molar-refractivity contribution in [2.75, 3.05) is 5.32 Å². The van der Waals surface area contributed by atoms with Crippen molar-refractivity contribution < 1.29 is 4.52 Å². The molecule has 3 heterocycles. The van der Waals surface area contributed by atoms with Gasteiger partial charge in [-0.2, -0.15) is 16.3 Å². The van der Waals surface area contributed by atoms with Crippen LogP contribution in [0.15, 0.2) is 51.8 Å². The van der Waals surface area contributed by atoms with Crippen molar-refractivity contribution in [3.05, 3.63) is 64.2 Å². The van der Waals surface area contributed by atoms with Crippen LogP contribution >= 0.6 is 11.3 Å². The van der Waals surface area contributed by atoms with Gasteiger partial charge in [-0.25, -0.2) is 9.97 Å². The zero-order valence-electron chi connectivity index (χ0n) is 14.7. The largest absolute Gasteiger partial charge is 0.362 e. The molecule has 1 unspecified atom stereocenters. The van der Waals surface area contributed by atoms with Gasteiger partial charge in [-0.05, 0) is 42.3 Å². The van der Waals surface area contributed by atoms with E-state index in [1.54, 1.807) is 17.5 Å². The predicted octanol–water partition coefficient (Wildman–Crippen LogP) is 4.66. The Labute approximate surface area is 160 Å². The first-order valence-electron chi connectivity index (χ1n) is 8.82. The lowest BCUT2D eigenvalue weighted by Crippen LogP contribution is -2.10. The number of hydrogen-bond donors (Lipinski definition) is 1. The van der Waals surface area contributed by atoms with Crippen LogP contribution in [0.5, 0.6) is 0 Å². The number of fused-ring (bicyclic) bond motifs is 1.